The number of carbonyl (C=O) groups excluding carboxylic acids is 1. The maximum Gasteiger partial charge on any atom is 0.416 e. The summed E-state index contributed by atoms with van der Waals surface area (Å²) in [5.74, 6) is -0.545. The van der Waals surface area contributed by atoms with Crippen molar-refractivity contribution in [3.05, 3.63) is 83.2 Å². The molecule has 0 bridgehead atoms. The summed E-state index contributed by atoms with van der Waals surface area (Å²) in [4.78, 5) is 16.5. The minimum Gasteiger partial charge on any atom is -0.354 e. The Kier molecular flexibility index (Phi) is 5.35. The van der Waals surface area contributed by atoms with Crippen LogP contribution in [0.25, 0.3) is 0 Å². The van der Waals surface area contributed by atoms with E-state index in [1.165, 1.54) is 18.3 Å². The molecule has 4 nitrogen and oxygen atoms in total. The first kappa shape index (κ1) is 19.4. The molecule has 1 heterocycles. The molecule has 0 radical (unpaired) electrons. The molecule has 0 saturated heterocycles. The number of rotatable bonds is 4. The molecule has 28 heavy (non-hydrogen) atoms. The summed E-state index contributed by atoms with van der Waals surface area (Å²) in [6.45, 7) is 3.96. The first-order valence-corrected chi connectivity index (χ1v) is 8.50. The number of halogens is 3. The van der Waals surface area contributed by atoms with E-state index in [2.05, 4.69) is 15.6 Å². The maximum atomic E-state index is 12.8. The van der Waals surface area contributed by atoms with E-state index in [9.17, 15) is 18.0 Å². The van der Waals surface area contributed by atoms with E-state index in [0.29, 0.717) is 5.69 Å². The number of pyridine rings is 1. The number of hydrogen-bond acceptors (Lipinski definition) is 3. The molecule has 0 aliphatic rings. The van der Waals surface area contributed by atoms with Crippen molar-refractivity contribution in [1.82, 2.24) is 4.98 Å². The Labute approximate surface area is 160 Å². The average molecular weight is 385 g/mol. The van der Waals surface area contributed by atoms with Gasteiger partial charge in [-0.05, 0) is 61.4 Å². The fourth-order valence-electron chi connectivity index (χ4n) is 2.82. The number of alkyl halides is 3. The zero-order valence-corrected chi connectivity index (χ0v) is 15.3. The van der Waals surface area contributed by atoms with Gasteiger partial charge in [0.05, 0.1) is 23.0 Å². The minimum atomic E-state index is -4.47. The summed E-state index contributed by atoms with van der Waals surface area (Å²) in [5.41, 5.74) is 3.10. The molecule has 7 heteroatoms. The predicted octanol–water partition coefficient (Wildman–Crippen LogP) is 5.71. The molecule has 144 valence electrons. The molecule has 1 aromatic heterocycles. The topological polar surface area (TPSA) is 54.0 Å². The molecule has 3 aromatic rings. The molecule has 0 aliphatic heterocycles. The smallest absolute Gasteiger partial charge is 0.354 e. The number of benzene rings is 2. The number of amides is 1. The lowest BCUT2D eigenvalue weighted by Gasteiger charge is -2.11. The second-order valence-corrected chi connectivity index (χ2v) is 6.50. The van der Waals surface area contributed by atoms with Gasteiger partial charge in [-0.25, -0.2) is 0 Å². The fourth-order valence-corrected chi connectivity index (χ4v) is 2.82. The van der Waals surface area contributed by atoms with E-state index in [-0.39, 0.29) is 11.3 Å². The molecule has 2 N–H and O–H groups in total. The van der Waals surface area contributed by atoms with Gasteiger partial charge in [0.25, 0.3) is 5.91 Å². The van der Waals surface area contributed by atoms with Crippen LogP contribution < -0.4 is 10.6 Å². The zero-order chi connectivity index (χ0) is 20.3. The van der Waals surface area contributed by atoms with E-state index >= 15 is 0 Å². The second-order valence-electron chi connectivity index (χ2n) is 6.50. The third-order valence-electron chi connectivity index (χ3n) is 3.96. The van der Waals surface area contributed by atoms with Crippen molar-refractivity contribution < 1.29 is 18.0 Å². The predicted molar refractivity (Wildman–Crippen MR) is 103 cm³/mol. The Balaban J connectivity index is 1.77. The Bertz CT molecular complexity index is 996. The van der Waals surface area contributed by atoms with Crippen LogP contribution in [0.15, 0.2) is 60.9 Å². The van der Waals surface area contributed by atoms with Crippen LogP contribution in [-0.4, -0.2) is 10.9 Å². The molecule has 1 amide bonds. The third-order valence-corrected chi connectivity index (χ3v) is 3.96. The van der Waals surface area contributed by atoms with Gasteiger partial charge in [0, 0.05) is 17.6 Å². The molecule has 2 aromatic carbocycles. The SMILES string of the molecule is Cc1cc(C)cc(Nc2cncc(C(=O)Nc3cccc(C(F)(F)F)c3)c2)c1. The summed E-state index contributed by atoms with van der Waals surface area (Å²) in [6, 6.07) is 12.0. The van der Waals surface area contributed by atoms with Gasteiger partial charge in [0.1, 0.15) is 0 Å². The van der Waals surface area contributed by atoms with E-state index < -0.39 is 17.6 Å². The Morgan fingerprint density at radius 3 is 2.29 bits per heavy atom. The molecular weight excluding hydrogens is 367 g/mol. The highest BCUT2D eigenvalue weighted by atomic mass is 19.4. The van der Waals surface area contributed by atoms with E-state index in [1.54, 1.807) is 12.3 Å². The highest BCUT2D eigenvalue weighted by Gasteiger charge is 2.30. The zero-order valence-electron chi connectivity index (χ0n) is 15.3. The van der Waals surface area contributed by atoms with Gasteiger partial charge in [-0.1, -0.05) is 12.1 Å². The number of nitrogens with zero attached hydrogens (tertiary/aromatic N) is 1. The molecule has 0 unspecified atom stereocenters. The molecule has 0 saturated carbocycles. The van der Waals surface area contributed by atoms with E-state index in [1.807, 2.05) is 32.0 Å². The fraction of sp³-hybridized carbons (Fsp3) is 0.143. The van der Waals surface area contributed by atoms with Crippen LogP contribution in [0.1, 0.15) is 27.0 Å². The first-order valence-electron chi connectivity index (χ1n) is 8.50. The number of nitrogens with one attached hydrogen (secondary N) is 2. The van der Waals surface area contributed by atoms with Crippen LogP contribution in [0, 0.1) is 13.8 Å². The normalized spacial score (nSPS) is 11.2. The minimum absolute atomic E-state index is 0.0625. The first-order chi connectivity index (χ1) is 13.2. The summed E-state index contributed by atoms with van der Waals surface area (Å²) >= 11 is 0. The van der Waals surface area contributed by atoms with Crippen molar-refractivity contribution in [3.8, 4) is 0 Å². The third kappa shape index (κ3) is 4.88. The van der Waals surface area contributed by atoms with Crippen LogP contribution in [0.4, 0.5) is 30.2 Å². The van der Waals surface area contributed by atoms with Crippen LogP contribution in [0.5, 0.6) is 0 Å². The summed E-state index contributed by atoms with van der Waals surface area (Å²) in [5, 5.41) is 5.66. The highest BCUT2D eigenvalue weighted by Crippen LogP contribution is 2.30. The Morgan fingerprint density at radius 1 is 0.893 bits per heavy atom. The van der Waals surface area contributed by atoms with E-state index in [0.717, 1.165) is 28.9 Å². The largest absolute Gasteiger partial charge is 0.416 e. The van der Waals surface area contributed by atoms with Crippen molar-refractivity contribution in [2.24, 2.45) is 0 Å². The number of carbonyl (C=O) groups is 1. The standard InChI is InChI=1S/C21H18F3N3O/c1-13-6-14(2)8-18(7-13)26-19-9-15(11-25-12-19)20(28)27-17-5-3-4-16(10-17)21(22,23)24/h3-12,26H,1-2H3,(H,27,28). The van der Waals surface area contributed by atoms with Crippen molar-refractivity contribution >= 4 is 23.0 Å². The molecule has 0 atom stereocenters. The van der Waals surface area contributed by atoms with Gasteiger partial charge in [-0.3, -0.25) is 9.78 Å². The average Bonchev–Trinajstić information content (AvgIpc) is 2.60. The summed E-state index contributed by atoms with van der Waals surface area (Å²) in [6.07, 6.45) is -1.55. The monoisotopic (exact) mass is 385 g/mol. The lowest BCUT2D eigenvalue weighted by atomic mass is 10.1. The lowest BCUT2D eigenvalue weighted by Crippen LogP contribution is -2.13. The van der Waals surface area contributed by atoms with Gasteiger partial charge < -0.3 is 10.6 Å². The summed E-state index contributed by atoms with van der Waals surface area (Å²) in [7, 11) is 0. The van der Waals surface area contributed by atoms with Gasteiger partial charge in [0.15, 0.2) is 0 Å². The molecular formula is C21H18F3N3O. The van der Waals surface area contributed by atoms with Gasteiger partial charge in [-0.2, -0.15) is 13.2 Å². The second kappa shape index (κ2) is 7.72. The van der Waals surface area contributed by atoms with Crippen molar-refractivity contribution in [3.63, 3.8) is 0 Å². The number of aryl methyl sites for hydroxylation is 2. The van der Waals surface area contributed by atoms with Crippen molar-refractivity contribution in [1.29, 1.82) is 0 Å². The molecule has 3 rings (SSSR count). The Morgan fingerprint density at radius 2 is 1.61 bits per heavy atom. The number of aromatic nitrogens is 1. The van der Waals surface area contributed by atoms with Crippen LogP contribution in [-0.2, 0) is 6.18 Å². The quantitative estimate of drug-likeness (QED) is 0.605. The Hall–Kier alpha value is -3.35. The molecule has 0 spiro atoms. The number of hydrogen-bond donors (Lipinski definition) is 2. The van der Waals surface area contributed by atoms with Crippen LogP contribution >= 0.6 is 0 Å². The summed E-state index contributed by atoms with van der Waals surface area (Å²) < 4.78 is 38.4. The van der Waals surface area contributed by atoms with Gasteiger partial charge in [0.2, 0.25) is 0 Å². The van der Waals surface area contributed by atoms with E-state index in [4.69, 9.17) is 0 Å². The highest BCUT2D eigenvalue weighted by molar-refractivity contribution is 6.04. The van der Waals surface area contributed by atoms with Crippen molar-refractivity contribution in [2.75, 3.05) is 10.6 Å². The number of anilines is 3. The van der Waals surface area contributed by atoms with Crippen LogP contribution in [0.2, 0.25) is 0 Å². The van der Waals surface area contributed by atoms with Crippen molar-refractivity contribution in [2.45, 2.75) is 20.0 Å². The maximum absolute atomic E-state index is 12.8. The van der Waals surface area contributed by atoms with Gasteiger partial charge in [-0.15, -0.1) is 0 Å². The van der Waals surface area contributed by atoms with Gasteiger partial charge >= 0.3 is 6.18 Å². The lowest BCUT2D eigenvalue weighted by molar-refractivity contribution is -0.137. The molecule has 0 fully saturated rings. The van der Waals surface area contributed by atoms with Crippen LogP contribution in [0.3, 0.4) is 0 Å². The molecule has 0 aliphatic carbocycles.